The van der Waals surface area contributed by atoms with Gasteiger partial charge in [0.15, 0.2) is 17.6 Å². The van der Waals surface area contributed by atoms with Gasteiger partial charge in [-0.05, 0) is 38.1 Å². The third-order valence-electron chi connectivity index (χ3n) is 4.00. The molecule has 2 atom stereocenters. The van der Waals surface area contributed by atoms with E-state index in [1.807, 2.05) is 31.2 Å². The van der Waals surface area contributed by atoms with Gasteiger partial charge in [0.2, 0.25) is 6.79 Å². The van der Waals surface area contributed by atoms with Gasteiger partial charge in [0, 0.05) is 12.6 Å². The number of hydrogen-bond acceptors (Lipinski definition) is 6. The second-order valence-electron chi connectivity index (χ2n) is 6.30. The summed E-state index contributed by atoms with van der Waals surface area (Å²) in [5.74, 6) is 2.14. The fourth-order valence-electron chi connectivity index (χ4n) is 2.45. The van der Waals surface area contributed by atoms with Crippen molar-refractivity contribution < 1.29 is 28.8 Å². The van der Waals surface area contributed by atoms with Gasteiger partial charge < -0.3 is 29.4 Å². The van der Waals surface area contributed by atoms with Gasteiger partial charge >= 0.3 is 0 Å². The molecule has 3 rings (SSSR count). The lowest BCUT2D eigenvalue weighted by atomic mass is 10.2. The molecule has 27 heavy (non-hydrogen) atoms. The molecule has 0 radical (unpaired) electrons. The maximum atomic E-state index is 12.1. The van der Waals surface area contributed by atoms with Crippen molar-refractivity contribution in [2.75, 3.05) is 19.9 Å². The zero-order valence-corrected chi connectivity index (χ0v) is 15.3. The summed E-state index contributed by atoms with van der Waals surface area (Å²) in [7, 11) is 0. The first-order chi connectivity index (χ1) is 13.0. The molecule has 0 bridgehead atoms. The molecule has 1 aliphatic heterocycles. The van der Waals surface area contributed by atoms with Crippen LogP contribution in [0, 0.1) is 6.92 Å². The second-order valence-corrected chi connectivity index (χ2v) is 6.30. The molecule has 1 aliphatic rings. The Morgan fingerprint density at radius 1 is 1.15 bits per heavy atom. The van der Waals surface area contributed by atoms with Gasteiger partial charge in [0.05, 0.1) is 0 Å². The van der Waals surface area contributed by atoms with E-state index in [9.17, 15) is 9.90 Å². The molecule has 7 heteroatoms. The van der Waals surface area contributed by atoms with E-state index in [0.717, 1.165) is 5.56 Å². The molecule has 0 aromatic heterocycles. The normalized spacial score (nSPS) is 14.3. The molecule has 0 saturated heterocycles. The second kappa shape index (κ2) is 8.64. The number of amides is 1. The molecule has 0 spiro atoms. The number of benzene rings is 2. The van der Waals surface area contributed by atoms with Gasteiger partial charge in [0.25, 0.3) is 5.91 Å². The van der Waals surface area contributed by atoms with Crippen LogP contribution < -0.4 is 24.3 Å². The Labute approximate surface area is 157 Å². The molecule has 2 unspecified atom stereocenters. The Morgan fingerprint density at radius 3 is 2.63 bits per heavy atom. The lowest BCUT2D eigenvalue weighted by Crippen LogP contribution is -2.41. The Kier molecular flexibility index (Phi) is 6.03. The van der Waals surface area contributed by atoms with Crippen molar-refractivity contribution in [3.05, 3.63) is 48.0 Å². The zero-order chi connectivity index (χ0) is 19.2. The molecular formula is C20H23NO6. The number of carbonyl (C=O) groups excluding carboxylic acids is 1. The standard InChI is InChI=1S/C20H23NO6/c1-13-3-5-16(6-4-13)27-14(2)20(23)21-10-15(22)11-24-17-7-8-18-19(9-17)26-12-25-18/h3-9,14-15,22H,10-12H2,1-2H3,(H,21,23). The number of hydrogen-bond donors (Lipinski definition) is 2. The lowest BCUT2D eigenvalue weighted by molar-refractivity contribution is -0.127. The summed E-state index contributed by atoms with van der Waals surface area (Å²) in [5.41, 5.74) is 1.12. The van der Waals surface area contributed by atoms with Crippen molar-refractivity contribution in [1.29, 1.82) is 0 Å². The van der Waals surface area contributed by atoms with Gasteiger partial charge in [-0.25, -0.2) is 0 Å². The smallest absolute Gasteiger partial charge is 0.260 e. The Bertz CT molecular complexity index is 777. The molecule has 1 amide bonds. The highest BCUT2D eigenvalue weighted by molar-refractivity contribution is 5.80. The SMILES string of the molecule is Cc1ccc(OC(C)C(=O)NCC(O)COc2ccc3c(c2)OCO3)cc1. The minimum absolute atomic E-state index is 0.0348. The van der Waals surface area contributed by atoms with E-state index in [-0.39, 0.29) is 25.9 Å². The number of nitrogens with one attached hydrogen (secondary N) is 1. The molecule has 1 heterocycles. The number of fused-ring (bicyclic) bond motifs is 1. The molecular weight excluding hydrogens is 350 g/mol. The van der Waals surface area contributed by atoms with E-state index in [1.54, 1.807) is 25.1 Å². The maximum Gasteiger partial charge on any atom is 0.260 e. The van der Waals surface area contributed by atoms with Gasteiger partial charge in [0.1, 0.15) is 24.2 Å². The van der Waals surface area contributed by atoms with Crippen LogP contribution in [0.4, 0.5) is 0 Å². The largest absolute Gasteiger partial charge is 0.491 e. The van der Waals surface area contributed by atoms with Crippen LogP contribution in [0.2, 0.25) is 0 Å². The van der Waals surface area contributed by atoms with E-state index in [0.29, 0.717) is 23.0 Å². The van der Waals surface area contributed by atoms with Crippen LogP contribution in [-0.4, -0.2) is 43.2 Å². The summed E-state index contributed by atoms with van der Waals surface area (Å²) in [6.07, 6.45) is -1.53. The number of aliphatic hydroxyl groups is 1. The van der Waals surface area contributed by atoms with Crippen LogP contribution in [0.15, 0.2) is 42.5 Å². The van der Waals surface area contributed by atoms with Gasteiger partial charge in [-0.3, -0.25) is 4.79 Å². The van der Waals surface area contributed by atoms with Crippen LogP contribution in [0.3, 0.4) is 0 Å². The minimum atomic E-state index is -0.856. The van der Waals surface area contributed by atoms with Crippen molar-refractivity contribution in [3.8, 4) is 23.0 Å². The quantitative estimate of drug-likeness (QED) is 0.737. The maximum absolute atomic E-state index is 12.1. The first kappa shape index (κ1) is 18.8. The summed E-state index contributed by atoms with van der Waals surface area (Å²) in [4.78, 5) is 12.1. The molecule has 0 aliphatic carbocycles. The highest BCUT2D eigenvalue weighted by Gasteiger charge is 2.17. The number of aryl methyl sites for hydroxylation is 1. The third kappa shape index (κ3) is 5.27. The summed E-state index contributed by atoms with van der Waals surface area (Å²) in [6, 6.07) is 12.6. The Balaban J connectivity index is 1.39. The van der Waals surface area contributed by atoms with Crippen LogP contribution >= 0.6 is 0 Å². The summed E-state index contributed by atoms with van der Waals surface area (Å²) in [6.45, 7) is 3.92. The van der Waals surface area contributed by atoms with Gasteiger partial charge in [-0.2, -0.15) is 0 Å². The van der Waals surface area contributed by atoms with Crippen molar-refractivity contribution in [2.24, 2.45) is 0 Å². The highest BCUT2D eigenvalue weighted by Crippen LogP contribution is 2.35. The van der Waals surface area contributed by atoms with Gasteiger partial charge in [-0.1, -0.05) is 17.7 Å². The van der Waals surface area contributed by atoms with E-state index in [4.69, 9.17) is 18.9 Å². The highest BCUT2D eigenvalue weighted by atomic mass is 16.7. The number of aliphatic hydroxyl groups excluding tert-OH is 1. The van der Waals surface area contributed by atoms with Crippen molar-refractivity contribution in [2.45, 2.75) is 26.1 Å². The average Bonchev–Trinajstić information content (AvgIpc) is 3.14. The monoisotopic (exact) mass is 373 g/mol. The molecule has 144 valence electrons. The summed E-state index contributed by atoms with van der Waals surface area (Å²) >= 11 is 0. The predicted octanol–water partition coefficient (Wildman–Crippen LogP) is 2.05. The van der Waals surface area contributed by atoms with Crippen LogP contribution in [0.25, 0.3) is 0 Å². The number of carbonyl (C=O) groups is 1. The molecule has 0 fully saturated rings. The number of rotatable bonds is 8. The predicted molar refractivity (Wildman–Crippen MR) is 98.3 cm³/mol. The van der Waals surface area contributed by atoms with Gasteiger partial charge in [-0.15, -0.1) is 0 Å². The summed E-state index contributed by atoms with van der Waals surface area (Å²) < 4.78 is 21.6. The fraction of sp³-hybridized carbons (Fsp3) is 0.350. The van der Waals surface area contributed by atoms with Crippen LogP contribution in [0.5, 0.6) is 23.0 Å². The number of ether oxygens (including phenoxy) is 4. The molecule has 2 aromatic carbocycles. The van der Waals surface area contributed by atoms with E-state index >= 15 is 0 Å². The fourth-order valence-corrected chi connectivity index (χ4v) is 2.45. The first-order valence-electron chi connectivity index (χ1n) is 8.73. The first-order valence-corrected chi connectivity index (χ1v) is 8.73. The topological polar surface area (TPSA) is 86.3 Å². The van der Waals surface area contributed by atoms with E-state index < -0.39 is 12.2 Å². The lowest BCUT2D eigenvalue weighted by Gasteiger charge is -2.17. The van der Waals surface area contributed by atoms with Crippen LogP contribution in [-0.2, 0) is 4.79 Å². The van der Waals surface area contributed by atoms with E-state index in [1.165, 1.54) is 0 Å². The zero-order valence-electron chi connectivity index (χ0n) is 15.3. The third-order valence-corrected chi connectivity index (χ3v) is 4.00. The van der Waals surface area contributed by atoms with Crippen molar-refractivity contribution in [1.82, 2.24) is 5.32 Å². The average molecular weight is 373 g/mol. The molecule has 2 aromatic rings. The van der Waals surface area contributed by atoms with Crippen molar-refractivity contribution in [3.63, 3.8) is 0 Å². The Hall–Kier alpha value is -2.93. The molecule has 0 saturated carbocycles. The van der Waals surface area contributed by atoms with Crippen LogP contribution in [0.1, 0.15) is 12.5 Å². The van der Waals surface area contributed by atoms with E-state index in [2.05, 4.69) is 5.32 Å². The molecule has 7 nitrogen and oxygen atoms in total. The van der Waals surface area contributed by atoms with Crippen molar-refractivity contribution >= 4 is 5.91 Å². The Morgan fingerprint density at radius 2 is 1.85 bits per heavy atom. The minimum Gasteiger partial charge on any atom is -0.491 e. The molecule has 2 N–H and O–H groups in total. The summed E-state index contributed by atoms with van der Waals surface area (Å²) in [5, 5.41) is 12.7.